The molecule has 4 rings (SSSR count). The lowest BCUT2D eigenvalue weighted by molar-refractivity contribution is -0.121. The summed E-state index contributed by atoms with van der Waals surface area (Å²) in [6.07, 6.45) is 0.729. The molecule has 2 amide bonds. The molecule has 3 aromatic rings. The maximum atomic E-state index is 12.7. The van der Waals surface area contributed by atoms with E-state index in [1.54, 1.807) is 13.2 Å². The van der Waals surface area contributed by atoms with Gasteiger partial charge in [0, 0.05) is 18.4 Å². The smallest absolute Gasteiger partial charge is 0.244 e. The second kappa shape index (κ2) is 7.60. The van der Waals surface area contributed by atoms with E-state index in [1.165, 1.54) is 4.90 Å². The predicted molar refractivity (Wildman–Crippen MR) is 106 cm³/mol. The van der Waals surface area contributed by atoms with Crippen LogP contribution in [0.25, 0.3) is 11.3 Å². The normalized spacial score (nSPS) is 13.0. The number of fused-ring (bicyclic) bond motifs is 1. The van der Waals surface area contributed by atoms with E-state index >= 15 is 0 Å². The fraction of sp³-hybridized carbons (Fsp3) is 0.182. The van der Waals surface area contributed by atoms with Crippen molar-refractivity contribution < 1.29 is 18.7 Å². The molecular formula is C22H20N2O4. The zero-order valence-corrected chi connectivity index (χ0v) is 15.5. The van der Waals surface area contributed by atoms with Gasteiger partial charge in [0.1, 0.15) is 23.8 Å². The van der Waals surface area contributed by atoms with Gasteiger partial charge in [-0.3, -0.25) is 9.59 Å². The number of carbonyl (C=O) groups excluding carboxylic acids is 2. The fourth-order valence-corrected chi connectivity index (χ4v) is 3.24. The summed E-state index contributed by atoms with van der Waals surface area (Å²) < 4.78 is 11.0. The van der Waals surface area contributed by atoms with Gasteiger partial charge < -0.3 is 19.4 Å². The highest BCUT2D eigenvalue weighted by Gasteiger charge is 2.26. The van der Waals surface area contributed by atoms with E-state index in [9.17, 15) is 9.59 Å². The van der Waals surface area contributed by atoms with Crippen molar-refractivity contribution in [2.24, 2.45) is 0 Å². The second-order valence-electron chi connectivity index (χ2n) is 6.54. The molecule has 6 heteroatoms. The Morgan fingerprint density at radius 2 is 1.89 bits per heavy atom. The number of aryl methyl sites for hydroxylation is 1. The molecule has 0 spiro atoms. The van der Waals surface area contributed by atoms with Crippen molar-refractivity contribution in [3.05, 3.63) is 66.4 Å². The standard InChI is InChI=1S/C22H20N2O4/c1-27-16-8-6-15(7-9-16)20-12-10-17(28-20)11-13-22(26)24-14-21(25)23-18-4-2-3-5-19(18)24/h2-10,12H,11,13-14H2,1H3,(H,23,25). The van der Waals surface area contributed by atoms with Crippen LogP contribution < -0.4 is 15.0 Å². The monoisotopic (exact) mass is 376 g/mol. The number of rotatable bonds is 5. The lowest BCUT2D eigenvalue weighted by Gasteiger charge is -2.29. The number of amides is 2. The van der Waals surface area contributed by atoms with Crippen molar-refractivity contribution in [3.63, 3.8) is 0 Å². The van der Waals surface area contributed by atoms with Crippen molar-refractivity contribution in [1.82, 2.24) is 0 Å². The van der Waals surface area contributed by atoms with Crippen LogP contribution in [-0.2, 0) is 16.0 Å². The van der Waals surface area contributed by atoms with Crippen molar-refractivity contribution in [1.29, 1.82) is 0 Å². The van der Waals surface area contributed by atoms with Crippen molar-refractivity contribution in [3.8, 4) is 17.1 Å². The minimum absolute atomic E-state index is 0.0328. The average Bonchev–Trinajstić information content (AvgIpc) is 3.20. The predicted octanol–water partition coefficient (Wildman–Crippen LogP) is 3.87. The first-order chi connectivity index (χ1) is 13.6. The number of carbonyl (C=O) groups is 2. The van der Waals surface area contributed by atoms with E-state index < -0.39 is 0 Å². The Labute approximate surface area is 162 Å². The largest absolute Gasteiger partial charge is 0.497 e. The van der Waals surface area contributed by atoms with Gasteiger partial charge in [0.2, 0.25) is 11.8 Å². The summed E-state index contributed by atoms with van der Waals surface area (Å²) in [6, 6.07) is 18.7. The van der Waals surface area contributed by atoms with Gasteiger partial charge in [0.25, 0.3) is 0 Å². The van der Waals surface area contributed by atoms with Gasteiger partial charge in [-0.2, -0.15) is 0 Å². The summed E-state index contributed by atoms with van der Waals surface area (Å²) in [5.74, 6) is 1.96. The minimum atomic E-state index is -0.188. The first-order valence-corrected chi connectivity index (χ1v) is 9.06. The SMILES string of the molecule is COc1ccc(-c2ccc(CCC(=O)N3CC(=O)Nc4ccccc43)o2)cc1. The zero-order valence-electron chi connectivity index (χ0n) is 15.5. The number of benzene rings is 2. The molecule has 2 heterocycles. The molecule has 1 N–H and O–H groups in total. The first-order valence-electron chi connectivity index (χ1n) is 9.06. The molecule has 6 nitrogen and oxygen atoms in total. The molecule has 0 bridgehead atoms. The van der Waals surface area contributed by atoms with Crippen LogP contribution in [0.4, 0.5) is 11.4 Å². The molecule has 1 aliphatic rings. The Balaban J connectivity index is 1.43. The highest BCUT2D eigenvalue weighted by molar-refractivity contribution is 6.09. The number of hydrogen-bond donors (Lipinski definition) is 1. The molecule has 0 unspecified atom stereocenters. The molecule has 0 radical (unpaired) electrons. The molecule has 142 valence electrons. The van der Waals surface area contributed by atoms with Gasteiger partial charge in [-0.05, 0) is 48.5 Å². The average molecular weight is 376 g/mol. The van der Waals surface area contributed by atoms with Gasteiger partial charge in [-0.1, -0.05) is 12.1 Å². The van der Waals surface area contributed by atoms with Gasteiger partial charge in [0.15, 0.2) is 0 Å². The topological polar surface area (TPSA) is 71.8 Å². The number of para-hydroxylation sites is 2. The number of furan rings is 1. The van der Waals surface area contributed by atoms with Crippen LogP contribution >= 0.6 is 0 Å². The van der Waals surface area contributed by atoms with Gasteiger partial charge in [0.05, 0.1) is 18.5 Å². The van der Waals surface area contributed by atoms with Crippen LogP contribution in [0.5, 0.6) is 5.75 Å². The Bertz CT molecular complexity index is 1010. The third kappa shape index (κ3) is 3.62. The van der Waals surface area contributed by atoms with Crippen LogP contribution in [0, 0.1) is 0 Å². The summed E-state index contributed by atoms with van der Waals surface area (Å²) in [5.41, 5.74) is 2.33. The number of methoxy groups -OCH3 is 1. The zero-order chi connectivity index (χ0) is 19.5. The third-order valence-electron chi connectivity index (χ3n) is 4.69. The van der Waals surface area contributed by atoms with Crippen LogP contribution in [0.15, 0.2) is 65.1 Å². The maximum Gasteiger partial charge on any atom is 0.244 e. The van der Waals surface area contributed by atoms with Crippen LogP contribution in [0.1, 0.15) is 12.2 Å². The summed E-state index contributed by atoms with van der Waals surface area (Å²) in [5, 5.41) is 2.79. The van der Waals surface area contributed by atoms with Gasteiger partial charge in [-0.15, -0.1) is 0 Å². The maximum absolute atomic E-state index is 12.7. The molecule has 0 aliphatic carbocycles. The van der Waals surface area contributed by atoms with Crippen molar-refractivity contribution >= 4 is 23.2 Å². The Hall–Kier alpha value is -3.54. The summed E-state index contributed by atoms with van der Waals surface area (Å²) >= 11 is 0. The van der Waals surface area contributed by atoms with E-state index in [4.69, 9.17) is 9.15 Å². The van der Waals surface area contributed by atoms with E-state index in [-0.39, 0.29) is 24.8 Å². The summed E-state index contributed by atoms with van der Waals surface area (Å²) in [7, 11) is 1.63. The third-order valence-corrected chi connectivity index (χ3v) is 4.69. The quantitative estimate of drug-likeness (QED) is 0.734. The molecule has 1 aromatic heterocycles. The van der Waals surface area contributed by atoms with E-state index in [0.717, 1.165) is 28.5 Å². The number of nitrogens with zero attached hydrogens (tertiary/aromatic N) is 1. The molecule has 0 atom stereocenters. The number of hydrogen-bond acceptors (Lipinski definition) is 4. The minimum Gasteiger partial charge on any atom is -0.497 e. The molecule has 1 aliphatic heterocycles. The molecule has 28 heavy (non-hydrogen) atoms. The molecular weight excluding hydrogens is 356 g/mol. The van der Waals surface area contributed by atoms with E-state index in [1.807, 2.05) is 54.6 Å². The molecule has 0 saturated heterocycles. The van der Waals surface area contributed by atoms with E-state index in [0.29, 0.717) is 12.1 Å². The summed E-state index contributed by atoms with van der Waals surface area (Å²) in [4.78, 5) is 26.1. The Morgan fingerprint density at radius 1 is 1.11 bits per heavy atom. The lowest BCUT2D eigenvalue weighted by atomic mass is 10.1. The van der Waals surface area contributed by atoms with Gasteiger partial charge >= 0.3 is 0 Å². The Morgan fingerprint density at radius 3 is 2.68 bits per heavy atom. The summed E-state index contributed by atoms with van der Waals surface area (Å²) in [6.45, 7) is 0.0328. The van der Waals surface area contributed by atoms with Crippen LogP contribution in [-0.4, -0.2) is 25.5 Å². The number of anilines is 2. The molecule has 0 saturated carbocycles. The highest BCUT2D eigenvalue weighted by atomic mass is 16.5. The van der Waals surface area contributed by atoms with E-state index in [2.05, 4.69) is 5.32 Å². The second-order valence-corrected chi connectivity index (χ2v) is 6.54. The van der Waals surface area contributed by atoms with Crippen molar-refractivity contribution in [2.75, 3.05) is 23.9 Å². The fourth-order valence-electron chi connectivity index (χ4n) is 3.24. The van der Waals surface area contributed by atoms with Crippen molar-refractivity contribution in [2.45, 2.75) is 12.8 Å². The van der Waals surface area contributed by atoms with Crippen LogP contribution in [0.3, 0.4) is 0 Å². The number of nitrogens with one attached hydrogen (secondary N) is 1. The lowest BCUT2D eigenvalue weighted by Crippen LogP contribution is -2.42. The molecule has 2 aromatic carbocycles. The van der Waals surface area contributed by atoms with Gasteiger partial charge in [-0.25, -0.2) is 0 Å². The first kappa shape index (κ1) is 17.9. The van der Waals surface area contributed by atoms with Crippen LogP contribution in [0.2, 0.25) is 0 Å². The number of ether oxygens (including phenoxy) is 1. The molecule has 0 fully saturated rings. The highest BCUT2D eigenvalue weighted by Crippen LogP contribution is 2.30. The Kier molecular flexibility index (Phi) is 4.85.